The maximum Gasteiger partial charge on any atom is 0.319 e. The highest BCUT2D eigenvalue weighted by Gasteiger charge is 2.24. The summed E-state index contributed by atoms with van der Waals surface area (Å²) >= 11 is 0. The number of benzene rings is 2. The van der Waals surface area contributed by atoms with Crippen molar-refractivity contribution >= 4 is 11.7 Å². The van der Waals surface area contributed by atoms with E-state index in [1.807, 2.05) is 43.3 Å². The summed E-state index contributed by atoms with van der Waals surface area (Å²) in [6.07, 6.45) is 2.41. The van der Waals surface area contributed by atoms with Crippen LogP contribution in [0.25, 0.3) is 0 Å². The number of hydrogen-bond donors (Lipinski definition) is 2. The molecule has 0 saturated carbocycles. The minimum absolute atomic E-state index is 0.149. The Labute approximate surface area is 155 Å². The summed E-state index contributed by atoms with van der Waals surface area (Å²) < 4.78 is 5.36. The summed E-state index contributed by atoms with van der Waals surface area (Å²) in [6, 6.07) is 15.9. The summed E-state index contributed by atoms with van der Waals surface area (Å²) in [7, 11) is 1.68. The lowest BCUT2D eigenvalue weighted by molar-refractivity contribution is 0.227. The van der Waals surface area contributed by atoms with Gasteiger partial charge in [0.2, 0.25) is 0 Å². The summed E-state index contributed by atoms with van der Waals surface area (Å²) in [5.41, 5.74) is 3.14. The molecule has 1 heterocycles. The summed E-state index contributed by atoms with van der Waals surface area (Å²) in [5.74, 6) is 0.843. The Morgan fingerprint density at radius 2 is 1.88 bits per heavy atom. The molecule has 5 nitrogen and oxygen atoms in total. The Morgan fingerprint density at radius 1 is 1.15 bits per heavy atom. The molecule has 5 heteroatoms. The van der Waals surface area contributed by atoms with Crippen LogP contribution in [0.3, 0.4) is 0 Å². The van der Waals surface area contributed by atoms with Gasteiger partial charge in [0.25, 0.3) is 0 Å². The molecule has 0 bridgehead atoms. The lowest BCUT2D eigenvalue weighted by Gasteiger charge is -2.28. The lowest BCUT2D eigenvalue weighted by atomic mass is 10.1. The molecule has 3 rings (SSSR count). The van der Waals surface area contributed by atoms with E-state index in [2.05, 4.69) is 27.7 Å². The van der Waals surface area contributed by atoms with E-state index in [0.29, 0.717) is 6.54 Å². The summed E-state index contributed by atoms with van der Waals surface area (Å²) in [5, 5.41) is 5.92. The Morgan fingerprint density at radius 3 is 2.58 bits per heavy atom. The molecule has 0 aliphatic carbocycles. The number of rotatable bonds is 6. The monoisotopic (exact) mass is 353 g/mol. The van der Waals surface area contributed by atoms with Gasteiger partial charge < -0.3 is 15.4 Å². The highest BCUT2D eigenvalue weighted by molar-refractivity contribution is 5.89. The van der Waals surface area contributed by atoms with Crippen LogP contribution in [0.2, 0.25) is 0 Å². The first-order chi connectivity index (χ1) is 12.7. The van der Waals surface area contributed by atoms with Gasteiger partial charge in [0, 0.05) is 12.2 Å². The molecule has 1 saturated heterocycles. The zero-order chi connectivity index (χ0) is 18.4. The molecular formula is C21H27N3O2. The normalized spacial score (nSPS) is 15.5. The Balaban J connectivity index is 1.65. The van der Waals surface area contributed by atoms with Crippen molar-refractivity contribution in [2.45, 2.75) is 25.8 Å². The van der Waals surface area contributed by atoms with Crippen LogP contribution in [-0.4, -0.2) is 37.7 Å². The molecule has 1 atom stereocenters. The van der Waals surface area contributed by atoms with Gasteiger partial charge in [-0.1, -0.05) is 29.8 Å². The summed E-state index contributed by atoms with van der Waals surface area (Å²) in [4.78, 5) is 14.7. The van der Waals surface area contributed by atoms with Gasteiger partial charge >= 0.3 is 6.03 Å². The molecule has 1 unspecified atom stereocenters. The van der Waals surface area contributed by atoms with E-state index in [-0.39, 0.29) is 12.1 Å². The van der Waals surface area contributed by atoms with E-state index < -0.39 is 0 Å². The number of likely N-dealkylation sites (tertiary alicyclic amines) is 1. The first-order valence-electron chi connectivity index (χ1n) is 9.15. The molecule has 2 aromatic rings. The van der Waals surface area contributed by atoms with Crippen molar-refractivity contribution in [3.8, 4) is 5.75 Å². The zero-order valence-electron chi connectivity index (χ0n) is 15.5. The predicted octanol–water partition coefficient (Wildman–Crippen LogP) is 3.96. The molecule has 2 amide bonds. The number of ether oxygens (including phenoxy) is 1. The second-order valence-electron chi connectivity index (χ2n) is 6.74. The number of carbonyl (C=O) groups excluding carboxylic acids is 1. The number of anilines is 1. The SMILES string of the molecule is COc1cccc(C(CNC(=O)Nc2ccc(C)cc2)N2CCCC2)c1. The standard InChI is InChI=1S/C21H27N3O2/c1-16-8-10-18(11-9-16)23-21(25)22-15-20(24-12-3-4-13-24)17-6-5-7-19(14-17)26-2/h5-11,14,20H,3-4,12-13,15H2,1-2H3,(H2,22,23,25). The van der Waals surface area contributed by atoms with E-state index in [1.165, 1.54) is 24.0 Å². The van der Waals surface area contributed by atoms with Crippen LogP contribution in [0.5, 0.6) is 5.75 Å². The number of urea groups is 1. The number of aryl methyl sites for hydroxylation is 1. The fourth-order valence-electron chi connectivity index (χ4n) is 3.36. The van der Waals surface area contributed by atoms with Gasteiger partial charge in [-0.3, -0.25) is 4.90 Å². The first kappa shape index (κ1) is 18.3. The van der Waals surface area contributed by atoms with Gasteiger partial charge in [0.05, 0.1) is 13.2 Å². The van der Waals surface area contributed by atoms with Gasteiger partial charge in [0.15, 0.2) is 0 Å². The van der Waals surface area contributed by atoms with Crippen molar-refractivity contribution in [2.75, 3.05) is 32.1 Å². The minimum Gasteiger partial charge on any atom is -0.497 e. The lowest BCUT2D eigenvalue weighted by Crippen LogP contribution is -2.38. The summed E-state index contributed by atoms with van der Waals surface area (Å²) in [6.45, 7) is 4.70. The number of nitrogens with one attached hydrogen (secondary N) is 2. The molecular weight excluding hydrogens is 326 g/mol. The van der Waals surface area contributed by atoms with Crippen molar-refractivity contribution in [3.63, 3.8) is 0 Å². The molecule has 0 radical (unpaired) electrons. The Bertz CT molecular complexity index is 724. The second-order valence-corrected chi connectivity index (χ2v) is 6.74. The van der Waals surface area contributed by atoms with Gasteiger partial charge in [-0.2, -0.15) is 0 Å². The molecule has 0 aromatic heterocycles. The fraction of sp³-hybridized carbons (Fsp3) is 0.381. The van der Waals surface area contributed by atoms with Crippen LogP contribution in [-0.2, 0) is 0 Å². The van der Waals surface area contributed by atoms with E-state index in [0.717, 1.165) is 24.5 Å². The van der Waals surface area contributed by atoms with E-state index >= 15 is 0 Å². The van der Waals surface area contributed by atoms with Crippen molar-refractivity contribution in [3.05, 3.63) is 59.7 Å². The molecule has 0 spiro atoms. The number of hydrogen-bond acceptors (Lipinski definition) is 3. The smallest absolute Gasteiger partial charge is 0.319 e. The highest BCUT2D eigenvalue weighted by Crippen LogP contribution is 2.27. The third-order valence-electron chi connectivity index (χ3n) is 4.83. The number of methoxy groups -OCH3 is 1. The quantitative estimate of drug-likeness (QED) is 0.826. The van der Waals surface area contributed by atoms with Crippen LogP contribution in [0.15, 0.2) is 48.5 Å². The maximum atomic E-state index is 12.3. The average Bonchev–Trinajstić information content (AvgIpc) is 3.18. The molecule has 1 fully saturated rings. The minimum atomic E-state index is -0.180. The number of amides is 2. The number of nitrogens with zero attached hydrogens (tertiary/aromatic N) is 1. The van der Waals surface area contributed by atoms with Gasteiger partial charge in [-0.05, 0) is 62.7 Å². The maximum absolute atomic E-state index is 12.3. The van der Waals surface area contributed by atoms with Gasteiger partial charge in [-0.15, -0.1) is 0 Å². The van der Waals surface area contributed by atoms with Crippen molar-refractivity contribution in [1.29, 1.82) is 0 Å². The van der Waals surface area contributed by atoms with E-state index in [4.69, 9.17) is 4.74 Å². The highest BCUT2D eigenvalue weighted by atomic mass is 16.5. The third kappa shape index (κ3) is 4.76. The van der Waals surface area contributed by atoms with E-state index in [1.54, 1.807) is 7.11 Å². The largest absolute Gasteiger partial charge is 0.497 e. The molecule has 2 N–H and O–H groups in total. The van der Waals surface area contributed by atoms with E-state index in [9.17, 15) is 4.79 Å². The molecule has 2 aromatic carbocycles. The zero-order valence-corrected chi connectivity index (χ0v) is 15.5. The van der Waals surface area contributed by atoms with Crippen LogP contribution >= 0.6 is 0 Å². The van der Waals surface area contributed by atoms with Crippen LogP contribution in [0, 0.1) is 6.92 Å². The molecule has 1 aliphatic heterocycles. The average molecular weight is 353 g/mol. The Hall–Kier alpha value is -2.53. The van der Waals surface area contributed by atoms with Crippen molar-refractivity contribution in [2.24, 2.45) is 0 Å². The second kappa shape index (κ2) is 8.72. The van der Waals surface area contributed by atoms with Crippen LogP contribution in [0.4, 0.5) is 10.5 Å². The van der Waals surface area contributed by atoms with Crippen LogP contribution < -0.4 is 15.4 Å². The number of carbonyl (C=O) groups is 1. The van der Waals surface area contributed by atoms with Gasteiger partial charge in [-0.25, -0.2) is 4.79 Å². The van der Waals surface area contributed by atoms with Crippen LogP contribution in [0.1, 0.15) is 30.0 Å². The van der Waals surface area contributed by atoms with Gasteiger partial charge in [0.1, 0.15) is 5.75 Å². The fourth-order valence-corrected chi connectivity index (χ4v) is 3.36. The molecule has 26 heavy (non-hydrogen) atoms. The predicted molar refractivity (Wildman–Crippen MR) is 105 cm³/mol. The molecule has 138 valence electrons. The Kier molecular flexibility index (Phi) is 6.12. The topological polar surface area (TPSA) is 53.6 Å². The third-order valence-corrected chi connectivity index (χ3v) is 4.83. The first-order valence-corrected chi connectivity index (χ1v) is 9.15. The van der Waals surface area contributed by atoms with Crippen molar-refractivity contribution < 1.29 is 9.53 Å². The van der Waals surface area contributed by atoms with Crippen molar-refractivity contribution in [1.82, 2.24) is 10.2 Å². The molecule has 1 aliphatic rings.